The van der Waals surface area contributed by atoms with Crippen molar-refractivity contribution in [3.8, 4) is 0 Å². The smallest absolute Gasteiger partial charge is 0.240 e. The molecule has 1 atom stereocenters. The van der Waals surface area contributed by atoms with Crippen LogP contribution >= 0.6 is 0 Å². The van der Waals surface area contributed by atoms with Crippen LogP contribution in [0.15, 0.2) is 29.9 Å². The molecule has 0 radical (unpaired) electrons. The van der Waals surface area contributed by atoms with Crippen LogP contribution in [0.5, 0.6) is 0 Å². The van der Waals surface area contributed by atoms with E-state index >= 15 is 0 Å². The highest BCUT2D eigenvalue weighted by molar-refractivity contribution is 5.13. The van der Waals surface area contributed by atoms with Crippen molar-refractivity contribution in [2.24, 2.45) is 13.0 Å². The molecule has 2 heteroatoms. The van der Waals surface area contributed by atoms with E-state index < -0.39 is 0 Å². The summed E-state index contributed by atoms with van der Waals surface area (Å²) in [6.45, 7) is 5.74. The van der Waals surface area contributed by atoms with Crippen LogP contribution in [0.1, 0.15) is 33.1 Å². The lowest BCUT2D eigenvalue weighted by atomic mass is 9.85. The van der Waals surface area contributed by atoms with Gasteiger partial charge in [0, 0.05) is 5.92 Å². The highest BCUT2D eigenvalue weighted by Gasteiger charge is 2.18. The lowest BCUT2D eigenvalue weighted by molar-refractivity contribution is -0.671. The first kappa shape index (κ1) is 10.5. The Bertz CT molecular complexity index is 374. The second kappa shape index (κ2) is 4.21. The van der Waals surface area contributed by atoms with Gasteiger partial charge < -0.3 is 0 Å². The zero-order valence-electron chi connectivity index (χ0n) is 10.0. The predicted octanol–water partition coefficient (Wildman–Crippen LogP) is 2.45. The van der Waals surface area contributed by atoms with Gasteiger partial charge in [0.15, 0.2) is 0 Å². The molecule has 1 aromatic rings. The highest BCUT2D eigenvalue weighted by Crippen LogP contribution is 2.29. The molecule has 1 unspecified atom stereocenters. The number of nitrogens with zero attached hydrogens (tertiary/aromatic N) is 2. The monoisotopic (exact) mass is 205 g/mol. The maximum Gasteiger partial charge on any atom is 0.243 e. The zero-order chi connectivity index (χ0) is 10.8. The van der Waals surface area contributed by atoms with Gasteiger partial charge in [0.25, 0.3) is 0 Å². The number of allylic oxidation sites excluding steroid dienone is 2. The molecule has 0 saturated carbocycles. The van der Waals surface area contributed by atoms with Gasteiger partial charge >= 0.3 is 0 Å². The van der Waals surface area contributed by atoms with Gasteiger partial charge in [0.05, 0.1) is 13.6 Å². The number of hydrogen-bond donors (Lipinski definition) is 0. The summed E-state index contributed by atoms with van der Waals surface area (Å²) in [6.07, 6.45) is 10.4. The topological polar surface area (TPSA) is 8.81 Å². The standard InChI is InChI=1S/C13H21N2/c1-11-4-5-13(8-12(11)2)9-15-7-6-14(3)10-15/h6-7,10,13H,4-5,8-9H2,1-3H3/q+1. The van der Waals surface area contributed by atoms with E-state index in [4.69, 9.17) is 0 Å². The number of rotatable bonds is 2. The Labute approximate surface area is 92.2 Å². The summed E-state index contributed by atoms with van der Waals surface area (Å²) in [7, 11) is 2.08. The first-order valence-corrected chi connectivity index (χ1v) is 5.81. The molecule has 0 fully saturated rings. The molecule has 0 aromatic carbocycles. The average molecular weight is 205 g/mol. The van der Waals surface area contributed by atoms with Crippen LogP contribution in [-0.4, -0.2) is 4.57 Å². The van der Waals surface area contributed by atoms with Gasteiger partial charge in [-0.2, -0.15) is 0 Å². The summed E-state index contributed by atoms with van der Waals surface area (Å²) in [4.78, 5) is 0. The normalized spacial score (nSPS) is 22.2. The maximum absolute atomic E-state index is 2.30. The van der Waals surface area contributed by atoms with E-state index in [1.165, 1.54) is 25.8 Å². The molecule has 0 amide bonds. The molecular weight excluding hydrogens is 184 g/mol. The summed E-state index contributed by atoms with van der Waals surface area (Å²) in [6, 6.07) is 0. The largest absolute Gasteiger partial charge is 0.243 e. The summed E-state index contributed by atoms with van der Waals surface area (Å²) < 4.78 is 4.41. The molecule has 1 aromatic heterocycles. The van der Waals surface area contributed by atoms with Crippen LogP contribution in [-0.2, 0) is 13.6 Å². The minimum atomic E-state index is 0.834. The Balaban J connectivity index is 1.97. The molecule has 15 heavy (non-hydrogen) atoms. The summed E-state index contributed by atoms with van der Waals surface area (Å²) in [5, 5.41) is 0. The van der Waals surface area contributed by atoms with E-state index in [1.807, 2.05) is 0 Å². The fourth-order valence-electron chi connectivity index (χ4n) is 2.41. The molecule has 2 rings (SSSR count). The Morgan fingerprint density at radius 1 is 1.40 bits per heavy atom. The van der Waals surface area contributed by atoms with Gasteiger partial charge in [-0.1, -0.05) is 11.1 Å². The van der Waals surface area contributed by atoms with Crippen LogP contribution in [0, 0.1) is 5.92 Å². The third kappa shape index (κ3) is 2.49. The van der Waals surface area contributed by atoms with E-state index in [1.54, 1.807) is 11.1 Å². The Morgan fingerprint density at radius 2 is 2.20 bits per heavy atom. The summed E-state index contributed by atoms with van der Waals surface area (Å²) >= 11 is 0. The summed E-state index contributed by atoms with van der Waals surface area (Å²) in [5.41, 5.74) is 3.23. The number of imidazole rings is 1. The van der Waals surface area contributed by atoms with E-state index in [0.29, 0.717) is 0 Å². The fourth-order valence-corrected chi connectivity index (χ4v) is 2.41. The second-order valence-electron chi connectivity index (χ2n) is 4.95. The van der Waals surface area contributed by atoms with E-state index in [-0.39, 0.29) is 0 Å². The quantitative estimate of drug-likeness (QED) is 0.518. The Kier molecular flexibility index (Phi) is 2.94. The molecule has 0 aliphatic heterocycles. The molecule has 1 aliphatic rings. The third-order valence-electron chi connectivity index (χ3n) is 3.54. The number of hydrogen-bond acceptors (Lipinski definition) is 0. The number of aryl methyl sites for hydroxylation is 1. The van der Waals surface area contributed by atoms with Crippen molar-refractivity contribution in [1.29, 1.82) is 0 Å². The van der Waals surface area contributed by atoms with Crippen molar-refractivity contribution in [1.82, 2.24) is 4.57 Å². The molecule has 0 spiro atoms. The van der Waals surface area contributed by atoms with Crippen molar-refractivity contribution in [3.63, 3.8) is 0 Å². The Morgan fingerprint density at radius 3 is 2.80 bits per heavy atom. The van der Waals surface area contributed by atoms with E-state index in [9.17, 15) is 0 Å². The fraction of sp³-hybridized carbons (Fsp3) is 0.615. The van der Waals surface area contributed by atoms with E-state index in [0.717, 1.165) is 5.92 Å². The van der Waals surface area contributed by atoms with Crippen LogP contribution in [0.3, 0.4) is 0 Å². The first-order valence-electron chi connectivity index (χ1n) is 5.81. The minimum absolute atomic E-state index is 0.834. The molecule has 0 bridgehead atoms. The minimum Gasteiger partial charge on any atom is -0.240 e. The van der Waals surface area contributed by atoms with Gasteiger partial charge in [-0.05, 0) is 33.1 Å². The lowest BCUT2D eigenvalue weighted by Gasteiger charge is -2.22. The van der Waals surface area contributed by atoms with Gasteiger partial charge in [-0.3, -0.25) is 0 Å². The van der Waals surface area contributed by atoms with Crippen molar-refractivity contribution in [2.45, 2.75) is 39.7 Å². The third-order valence-corrected chi connectivity index (χ3v) is 3.54. The van der Waals surface area contributed by atoms with E-state index in [2.05, 4.69) is 48.8 Å². The molecule has 0 saturated heterocycles. The van der Waals surface area contributed by atoms with Crippen LogP contribution in [0.4, 0.5) is 0 Å². The van der Waals surface area contributed by atoms with Crippen LogP contribution < -0.4 is 4.57 Å². The maximum atomic E-state index is 2.30. The number of aromatic nitrogens is 2. The molecule has 1 aliphatic carbocycles. The van der Waals surface area contributed by atoms with Gasteiger partial charge in [0.2, 0.25) is 6.33 Å². The zero-order valence-corrected chi connectivity index (χ0v) is 10.0. The Hall–Kier alpha value is -1.05. The summed E-state index contributed by atoms with van der Waals surface area (Å²) in [5.74, 6) is 0.834. The van der Waals surface area contributed by atoms with Crippen LogP contribution in [0.2, 0.25) is 0 Å². The van der Waals surface area contributed by atoms with Gasteiger partial charge in [0.1, 0.15) is 12.4 Å². The molecular formula is C13H21N2+. The van der Waals surface area contributed by atoms with Crippen molar-refractivity contribution >= 4 is 0 Å². The predicted molar refractivity (Wildman–Crippen MR) is 61.3 cm³/mol. The molecule has 2 nitrogen and oxygen atoms in total. The molecule has 82 valence electrons. The van der Waals surface area contributed by atoms with Gasteiger partial charge in [-0.15, -0.1) is 0 Å². The molecule has 1 heterocycles. The van der Waals surface area contributed by atoms with Crippen LogP contribution in [0.25, 0.3) is 0 Å². The SMILES string of the molecule is CC1=C(C)CC(Cn2cc[n+](C)c2)CC1. The lowest BCUT2D eigenvalue weighted by Crippen LogP contribution is -2.24. The highest BCUT2D eigenvalue weighted by atomic mass is 15.1. The van der Waals surface area contributed by atoms with Gasteiger partial charge in [-0.25, -0.2) is 9.13 Å². The second-order valence-corrected chi connectivity index (χ2v) is 4.95. The van der Waals surface area contributed by atoms with Crippen molar-refractivity contribution in [3.05, 3.63) is 29.9 Å². The van der Waals surface area contributed by atoms with Crippen molar-refractivity contribution in [2.75, 3.05) is 0 Å². The molecule has 0 N–H and O–H groups in total. The first-order chi connectivity index (χ1) is 7.15. The van der Waals surface area contributed by atoms with Crippen molar-refractivity contribution < 1.29 is 4.57 Å². The average Bonchev–Trinajstić information content (AvgIpc) is 2.58.